The van der Waals surface area contributed by atoms with E-state index in [1.165, 1.54) is 30.5 Å². The minimum atomic E-state index is -1.36. The van der Waals surface area contributed by atoms with Crippen molar-refractivity contribution in [3.63, 3.8) is 0 Å². The zero-order chi connectivity index (χ0) is 34.7. The molecule has 0 saturated carbocycles. The number of hydrogen-bond acceptors (Lipinski definition) is 12. The van der Waals surface area contributed by atoms with E-state index in [4.69, 9.17) is 33.1 Å². The van der Waals surface area contributed by atoms with E-state index < -0.39 is 23.8 Å². The lowest BCUT2D eigenvalue weighted by Gasteiger charge is -2.18. The zero-order valence-electron chi connectivity index (χ0n) is 24.5. The van der Waals surface area contributed by atoms with E-state index in [9.17, 15) is 34.5 Å². The van der Waals surface area contributed by atoms with Crippen molar-refractivity contribution in [2.45, 2.75) is 13.8 Å². The average molecular weight is 637 g/mol. The lowest BCUT2D eigenvalue weighted by atomic mass is 10.1. The number of carboxylic acids is 3. The molecule has 0 bridgehead atoms. The van der Waals surface area contributed by atoms with Crippen molar-refractivity contribution >= 4 is 53.1 Å². The number of nitrogens with two attached hydrogens (primary N) is 4. The first-order chi connectivity index (χ1) is 21.6. The van der Waals surface area contributed by atoms with E-state index in [1.807, 2.05) is 0 Å². The van der Waals surface area contributed by atoms with E-state index in [1.54, 1.807) is 19.9 Å². The Morgan fingerprint density at radius 3 is 1.52 bits per heavy atom. The Hall–Kier alpha value is -6.46. The number of hydrogen-bond donors (Lipinski definition) is 9. The number of aromatic nitrogens is 1. The number of hydrazine groups is 2. The van der Waals surface area contributed by atoms with E-state index in [2.05, 4.69) is 10.3 Å². The monoisotopic (exact) mass is 636 g/mol. The van der Waals surface area contributed by atoms with Gasteiger partial charge in [0.15, 0.2) is 0 Å². The van der Waals surface area contributed by atoms with Gasteiger partial charge < -0.3 is 37.2 Å². The molecule has 0 saturated heterocycles. The van der Waals surface area contributed by atoms with Gasteiger partial charge in [-0.3, -0.25) is 19.6 Å². The maximum Gasteiger partial charge on any atom is 0.335 e. The molecule has 0 aliphatic rings. The summed E-state index contributed by atoms with van der Waals surface area (Å²) in [6.07, 6.45) is 2.45. The van der Waals surface area contributed by atoms with Crippen molar-refractivity contribution in [3.05, 3.63) is 100 Å². The molecule has 2 aromatic carbocycles. The quantitative estimate of drug-likeness (QED) is 0.0811. The molecule has 13 N–H and O–H groups in total. The molecule has 0 fully saturated rings. The van der Waals surface area contributed by atoms with Crippen molar-refractivity contribution in [1.29, 1.82) is 0 Å². The van der Waals surface area contributed by atoms with Crippen LogP contribution in [0.4, 0.5) is 11.4 Å². The SMILES string of the molecule is CCNC(=O)c1cc(/C(N)=C/N(N)c2cc(C)cc(C(=O)O)c2)nc(/C(N)=C/N(N)c2cc(C(=O)O)cc(C(=O)O)c2)c1.O=CO. The van der Waals surface area contributed by atoms with Crippen LogP contribution in [0.3, 0.4) is 0 Å². The second-order valence-corrected chi connectivity index (χ2v) is 9.32. The maximum absolute atomic E-state index is 12.7. The summed E-state index contributed by atoms with van der Waals surface area (Å²) in [6, 6.07) is 10.5. The standard InChI is InChI=1S/C28H30N8O7.CH2O2/c1-3-33-25(37)15-10-23(21(29)12-35(31)19-5-14(2)4-16(7-19)26(38)39)34-24(11-15)22(30)13-36(32)20-8-17(27(40)41)6-18(9-20)28(42)43;2-1-3/h4-13H,3,29-32H2,1-2H3,(H,33,37)(H,38,39)(H,40,41)(H,42,43);1H,(H,2,3)/b21-12-,22-13-;. The molecule has 17 nitrogen and oxygen atoms in total. The molecule has 0 radical (unpaired) electrons. The van der Waals surface area contributed by atoms with Crippen LogP contribution in [0.5, 0.6) is 0 Å². The zero-order valence-corrected chi connectivity index (χ0v) is 24.5. The van der Waals surface area contributed by atoms with Gasteiger partial charge in [0.2, 0.25) is 0 Å². The van der Waals surface area contributed by atoms with Gasteiger partial charge in [-0.1, -0.05) is 0 Å². The molecule has 1 amide bonds. The summed E-state index contributed by atoms with van der Waals surface area (Å²) in [5.74, 6) is 7.89. The topological polar surface area (TPSA) is 302 Å². The normalized spacial score (nSPS) is 11.0. The highest BCUT2D eigenvalue weighted by molar-refractivity contribution is 5.96. The highest BCUT2D eigenvalue weighted by Gasteiger charge is 2.17. The second-order valence-electron chi connectivity index (χ2n) is 9.32. The summed E-state index contributed by atoms with van der Waals surface area (Å²) in [7, 11) is 0. The maximum atomic E-state index is 12.7. The van der Waals surface area contributed by atoms with Crippen LogP contribution >= 0.6 is 0 Å². The molecular formula is C29H32N8O9. The molecule has 0 aliphatic carbocycles. The number of pyridine rings is 1. The van der Waals surface area contributed by atoms with Gasteiger partial charge in [0.25, 0.3) is 12.4 Å². The van der Waals surface area contributed by atoms with Gasteiger partial charge in [-0.15, -0.1) is 0 Å². The summed E-state index contributed by atoms with van der Waals surface area (Å²) in [5, 5.41) is 39.6. The summed E-state index contributed by atoms with van der Waals surface area (Å²) >= 11 is 0. The van der Waals surface area contributed by atoms with Crippen molar-refractivity contribution in [3.8, 4) is 0 Å². The fourth-order valence-corrected chi connectivity index (χ4v) is 3.84. The number of carboxylic acid groups (broad SMARTS) is 4. The van der Waals surface area contributed by atoms with E-state index in [0.717, 1.165) is 34.4 Å². The molecule has 3 aromatic rings. The summed E-state index contributed by atoms with van der Waals surface area (Å²) in [5.41, 5.74) is 13.1. The van der Waals surface area contributed by atoms with Crippen LogP contribution in [-0.2, 0) is 4.79 Å². The molecule has 46 heavy (non-hydrogen) atoms. The summed E-state index contributed by atoms with van der Waals surface area (Å²) in [4.78, 5) is 59.9. The number of carbonyl (C=O) groups is 5. The van der Waals surface area contributed by atoms with Gasteiger partial charge in [-0.25, -0.2) is 31.1 Å². The Labute approximate surface area is 261 Å². The van der Waals surface area contributed by atoms with Gasteiger partial charge in [0, 0.05) is 24.5 Å². The number of rotatable bonds is 11. The number of nitrogens with one attached hydrogen (secondary N) is 1. The fraction of sp³-hybridized carbons (Fsp3) is 0.103. The first kappa shape index (κ1) is 35.7. The Morgan fingerprint density at radius 2 is 1.13 bits per heavy atom. The molecule has 0 atom stereocenters. The average Bonchev–Trinajstić information content (AvgIpc) is 3.00. The van der Waals surface area contributed by atoms with Crippen LogP contribution in [0.1, 0.15) is 65.3 Å². The van der Waals surface area contributed by atoms with E-state index >= 15 is 0 Å². The van der Waals surface area contributed by atoms with Gasteiger partial charge in [-0.05, 0) is 67.9 Å². The van der Waals surface area contributed by atoms with E-state index in [-0.39, 0.29) is 57.2 Å². The van der Waals surface area contributed by atoms with Crippen LogP contribution in [-0.4, -0.2) is 62.2 Å². The van der Waals surface area contributed by atoms with Crippen molar-refractivity contribution < 1.29 is 44.4 Å². The number of carbonyl (C=O) groups excluding carboxylic acids is 1. The highest BCUT2D eigenvalue weighted by Crippen LogP contribution is 2.22. The number of amides is 1. The third-order valence-corrected chi connectivity index (χ3v) is 5.89. The highest BCUT2D eigenvalue weighted by atomic mass is 16.4. The third-order valence-electron chi connectivity index (χ3n) is 5.89. The van der Waals surface area contributed by atoms with Crippen LogP contribution in [0.25, 0.3) is 11.4 Å². The lowest BCUT2D eigenvalue weighted by Crippen LogP contribution is -2.27. The molecule has 0 aliphatic heterocycles. The Morgan fingerprint density at radius 1 is 0.739 bits per heavy atom. The minimum absolute atomic E-state index is 0.00239. The molecule has 1 aromatic heterocycles. The van der Waals surface area contributed by atoms with E-state index in [0.29, 0.717) is 17.8 Å². The largest absolute Gasteiger partial charge is 0.483 e. The smallest absolute Gasteiger partial charge is 0.335 e. The molecule has 17 heteroatoms. The molecule has 3 rings (SSSR count). The molecule has 1 heterocycles. The summed E-state index contributed by atoms with van der Waals surface area (Å²) in [6.45, 7) is 3.50. The van der Waals surface area contributed by atoms with Crippen LogP contribution in [0, 0.1) is 6.92 Å². The minimum Gasteiger partial charge on any atom is -0.483 e. The first-order valence-corrected chi connectivity index (χ1v) is 13.0. The molecule has 0 unspecified atom stereocenters. The summed E-state index contributed by atoms with van der Waals surface area (Å²) < 4.78 is 0. The van der Waals surface area contributed by atoms with Crippen LogP contribution < -0.4 is 38.5 Å². The Balaban J connectivity index is 0.00000236. The predicted molar refractivity (Wildman–Crippen MR) is 167 cm³/mol. The molecule has 242 valence electrons. The van der Waals surface area contributed by atoms with Crippen molar-refractivity contribution in [1.82, 2.24) is 10.3 Å². The Bertz CT molecular complexity index is 1690. The third kappa shape index (κ3) is 9.53. The molecule has 0 spiro atoms. The van der Waals surface area contributed by atoms with Gasteiger partial charge in [0.05, 0.1) is 50.8 Å². The lowest BCUT2D eigenvalue weighted by molar-refractivity contribution is -0.122. The number of anilines is 2. The number of benzene rings is 2. The second kappa shape index (κ2) is 15.8. The van der Waals surface area contributed by atoms with Crippen molar-refractivity contribution in [2.24, 2.45) is 23.2 Å². The van der Waals surface area contributed by atoms with Gasteiger partial charge in [-0.2, -0.15) is 0 Å². The van der Waals surface area contributed by atoms with Gasteiger partial charge in [0.1, 0.15) is 0 Å². The number of aromatic carboxylic acids is 3. The van der Waals surface area contributed by atoms with Crippen LogP contribution in [0.15, 0.2) is 60.9 Å². The fourth-order valence-electron chi connectivity index (χ4n) is 3.84. The molecular weight excluding hydrogens is 604 g/mol. The van der Waals surface area contributed by atoms with Crippen LogP contribution in [0.2, 0.25) is 0 Å². The predicted octanol–water partition coefficient (Wildman–Crippen LogP) is 1.21. The number of aryl methyl sites for hydroxylation is 1. The van der Waals surface area contributed by atoms with Crippen molar-refractivity contribution in [2.75, 3.05) is 16.6 Å². The first-order valence-electron chi connectivity index (χ1n) is 13.0. The number of nitrogens with zero attached hydrogens (tertiary/aromatic N) is 3. The Kier molecular flexibility index (Phi) is 12.3. The van der Waals surface area contributed by atoms with Gasteiger partial charge >= 0.3 is 17.9 Å².